The van der Waals surface area contributed by atoms with Crippen molar-refractivity contribution in [2.45, 2.75) is 30.7 Å². The smallest absolute Gasteiger partial charge is 0.242 e. The van der Waals surface area contributed by atoms with Crippen molar-refractivity contribution in [1.82, 2.24) is 9.71 Å². The third-order valence-electron chi connectivity index (χ3n) is 2.47. The van der Waals surface area contributed by atoms with Crippen LogP contribution in [0.1, 0.15) is 25.0 Å². The van der Waals surface area contributed by atoms with E-state index in [1.54, 1.807) is 6.07 Å². The molecule has 8 heteroatoms. The van der Waals surface area contributed by atoms with Crippen LogP contribution in [-0.2, 0) is 21.4 Å². The van der Waals surface area contributed by atoms with E-state index in [1.807, 2.05) is 0 Å². The van der Waals surface area contributed by atoms with Crippen molar-refractivity contribution < 1.29 is 13.2 Å². The monoisotopic (exact) mass is 286 g/mol. The number of rotatable bonds is 8. The summed E-state index contributed by atoms with van der Waals surface area (Å²) in [5.41, 5.74) is 10.8. The fourth-order valence-electron chi connectivity index (χ4n) is 1.53. The molecule has 0 aliphatic rings. The quantitative estimate of drug-likeness (QED) is 0.554. The highest BCUT2D eigenvalue weighted by molar-refractivity contribution is 7.89. The topological polar surface area (TPSA) is 128 Å². The predicted molar refractivity (Wildman–Crippen MR) is 70.4 cm³/mol. The van der Waals surface area contributed by atoms with Gasteiger partial charge in [-0.3, -0.25) is 9.78 Å². The molecule has 1 heterocycles. The maximum absolute atomic E-state index is 12.0. The largest absolute Gasteiger partial charge is 0.370 e. The lowest BCUT2D eigenvalue weighted by atomic mass is 10.2. The normalized spacial score (nSPS) is 11.4. The van der Waals surface area contributed by atoms with Gasteiger partial charge in [-0.1, -0.05) is 0 Å². The maximum Gasteiger partial charge on any atom is 0.242 e. The summed E-state index contributed by atoms with van der Waals surface area (Å²) >= 11 is 0. The highest BCUT2D eigenvalue weighted by atomic mass is 32.2. The van der Waals surface area contributed by atoms with E-state index in [9.17, 15) is 13.2 Å². The number of primary amides is 1. The second-order valence-electron chi connectivity index (χ2n) is 3.97. The molecule has 0 radical (unpaired) electrons. The lowest BCUT2D eigenvalue weighted by Gasteiger charge is -2.09. The van der Waals surface area contributed by atoms with Crippen LogP contribution >= 0.6 is 0 Å². The summed E-state index contributed by atoms with van der Waals surface area (Å²) in [6, 6.07) is 3.00. The first-order valence-electron chi connectivity index (χ1n) is 5.89. The van der Waals surface area contributed by atoms with Crippen molar-refractivity contribution in [3.05, 3.63) is 24.0 Å². The molecule has 1 amide bonds. The molecule has 7 nitrogen and oxygen atoms in total. The van der Waals surface area contributed by atoms with Crippen molar-refractivity contribution in [3.8, 4) is 0 Å². The Labute approximate surface area is 112 Å². The molecule has 0 fully saturated rings. The van der Waals surface area contributed by atoms with Gasteiger partial charge in [-0.25, -0.2) is 13.1 Å². The van der Waals surface area contributed by atoms with E-state index in [-0.39, 0.29) is 30.3 Å². The number of nitrogens with zero attached hydrogens (tertiary/aromatic N) is 1. The Morgan fingerprint density at radius 3 is 2.74 bits per heavy atom. The van der Waals surface area contributed by atoms with Crippen molar-refractivity contribution in [2.24, 2.45) is 11.5 Å². The molecule has 0 aromatic carbocycles. The Morgan fingerprint density at radius 1 is 1.37 bits per heavy atom. The number of nitrogens with two attached hydrogens (primary N) is 2. The second-order valence-corrected chi connectivity index (χ2v) is 5.71. The van der Waals surface area contributed by atoms with Gasteiger partial charge >= 0.3 is 0 Å². The van der Waals surface area contributed by atoms with Gasteiger partial charge in [0.05, 0.1) is 5.69 Å². The third kappa shape index (κ3) is 4.93. The third-order valence-corrected chi connectivity index (χ3v) is 4.01. The van der Waals surface area contributed by atoms with E-state index in [4.69, 9.17) is 11.5 Å². The zero-order valence-corrected chi connectivity index (χ0v) is 11.3. The van der Waals surface area contributed by atoms with Gasteiger partial charge in [-0.05, 0) is 25.0 Å². The molecule has 5 N–H and O–H groups in total. The number of unbranched alkanes of at least 4 members (excludes halogenated alkanes) is 1. The molecule has 1 rings (SSSR count). The van der Waals surface area contributed by atoms with Crippen LogP contribution in [0.5, 0.6) is 0 Å². The van der Waals surface area contributed by atoms with Gasteiger partial charge in [0.2, 0.25) is 15.9 Å². The highest BCUT2D eigenvalue weighted by Crippen LogP contribution is 2.12. The molecular weight excluding hydrogens is 268 g/mol. The molecule has 19 heavy (non-hydrogen) atoms. The molecular formula is C11H18N4O3S. The number of carbonyl (C=O) groups excluding carboxylic acids is 1. The fraction of sp³-hybridized carbons (Fsp3) is 0.455. The zero-order chi connectivity index (χ0) is 14.3. The Hall–Kier alpha value is -1.51. The van der Waals surface area contributed by atoms with E-state index in [1.165, 1.54) is 12.3 Å². The van der Waals surface area contributed by atoms with Crippen LogP contribution < -0.4 is 16.2 Å². The van der Waals surface area contributed by atoms with Gasteiger partial charge in [0.25, 0.3) is 0 Å². The Bertz CT molecular complexity index is 530. The number of amides is 1. The van der Waals surface area contributed by atoms with E-state index in [2.05, 4.69) is 9.71 Å². The van der Waals surface area contributed by atoms with Crippen molar-refractivity contribution >= 4 is 15.9 Å². The molecule has 0 saturated heterocycles. The van der Waals surface area contributed by atoms with Crippen LogP contribution in [0.3, 0.4) is 0 Å². The molecule has 0 saturated carbocycles. The number of pyridine rings is 1. The average Bonchev–Trinajstić information content (AvgIpc) is 2.37. The van der Waals surface area contributed by atoms with Crippen LogP contribution in [0, 0.1) is 0 Å². The summed E-state index contributed by atoms with van der Waals surface area (Å²) in [5, 5.41) is 0. The number of nitrogens with one attached hydrogen (secondary N) is 1. The summed E-state index contributed by atoms with van der Waals surface area (Å²) in [4.78, 5) is 14.5. The minimum Gasteiger partial charge on any atom is -0.370 e. The van der Waals surface area contributed by atoms with E-state index in [0.717, 1.165) is 0 Å². The van der Waals surface area contributed by atoms with Crippen molar-refractivity contribution in [3.63, 3.8) is 0 Å². The van der Waals surface area contributed by atoms with Crippen molar-refractivity contribution in [1.29, 1.82) is 0 Å². The molecule has 1 aromatic heterocycles. The SMILES string of the molecule is NCc1ncccc1S(=O)(=O)NCCCCC(N)=O. The first-order chi connectivity index (χ1) is 8.97. The van der Waals surface area contributed by atoms with Gasteiger partial charge in [0.1, 0.15) is 4.90 Å². The summed E-state index contributed by atoms with van der Waals surface area (Å²) in [7, 11) is -3.61. The van der Waals surface area contributed by atoms with Gasteiger partial charge in [0.15, 0.2) is 0 Å². The molecule has 0 bridgehead atoms. The van der Waals surface area contributed by atoms with Gasteiger partial charge in [0, 0.05) is 25.7 Å². The lowest BCUT2D eigenvalue weighted by molar-refractivity contribution is -0.118. The molecule has 0 atom stereocenters. The summed E-state index contributed by atoms with van der Waals surface area (Å²) in [6.07, 6.45) is 2.84. The van der Waals surface area contributed by atoms with Gasteiger partial charge < -0.3 is 11.5 Å². The van der Waals surface area contributed by atoms with Crippen LogP contribution in [0.25, 0.3) is 0 Å². The van der Waals surface area contributed by atoms with E-state index >= 15 is 0 Å². The highest BCUT2D eigenvalue weighted by Gasteiger charge is 2.17. The molecule has 0 aliphatic carbocycles. The zero-order valence-electron chi connectivity index (χ0n) is 10.5. The average molecular weight is 286 g/mol. The minimum absolute atomic E-state index is 0.0543. The molecule has 0 spiro atoms. The molecule has 1 aromatic rings. The lowest BCUT2D eigenvalue weighted by Crippen LogP contribution is -2.26. The van der Waals surface area contributed by atoms with Crippen LogP contribution in [0.2, 0.25) is 0 Å². The standard InChI is InChI=1S/C11H18N4O3S/c12-8-9-10(4-3-6-14-9)19(17,18)15-7-2-1-5-11(13)16/h3-4,6,15H,1-2,5,7-8,12H2,(H2,13,16). The van der Waals surface area contributed by atoms with Crippen LogP contribution in [0.15, 0.2) is 23.2 Å². The Kier molecular flexibility index (Phi) is 5.87. The molecule has 106 valence electrons. The summed E-state index contributed by atoms with van der Waals surface area (Å²) in [6.45, 7) is 0.299. The molecule has 0 unspecified atom stereocenters. The minimum atomic E-state index is -3.61. The first-order valence-corrected chi connectivity index (χ1v) is 7.37. The number of hydrogen-bond acceptors (Lipinski definition) is 5. The summed E-state index contributed by atoms with van der Waals surface area (Å²) < 4.78 is 26.5. The van der Waals surface area contributed by atoms with E-state index in [0.29, 0.717) is 18.5 Å². The molecule has 0 aliphatic heterocycles. The van der Waals surface area contributed by atoms with Gasteiger partial charge in [-0.2, -0.15) is 0 Å². The van der Waals surface area contributed by atoms with Crippen LogP contribution in [0.4, 0.5) is 0 Å². The summed E-state index contributed by atoms with van der Waals surface area (Å²) in [5.74, 6) is -0.388. The predicted octanol–water partition coefficient (Wildman–Crippen LogP) is -0.526. The number of aromatic nitrogens is 1. The number of sulfonamides is 1. The maximum atomic E-state index is 12.0. The van der Waals surface area contributed by atoms with Gasteiger partial charge in [-0.15, -0.1) is 0 Å². The Balaban J connectivity index is 2.59. The first kappa shape index (κ1) is 15.5. The number of hydrogen-bond donors (Lipinski definition) is 3. The van der Waals surface area contributed by atoms with Crippen molar-refractivity contribution in [2.75, 3.05) is 6.54 Å². The van der Waals surface area contributed by atoms with Crippen LogP contribution in [-0.4, -0.2) is 25.9 Å². The number of carbonyl (C=O) groups is 1. The second kappa shape index (κ2) is 7.17. The fourth-order valence-corrected chi connectivity index (χ4v) is 2.80. The van der Waals surface area contributed by atoms with E-state index < -0.39 is 10.0 Å². The Morgan fingerprint density at radius 2 is 2.11 bits per heavy atom.